The Morgan fingerprint density at radius 3 is 2.60 bits per heavy atom. The molecule has 0 radical (unpaired) electrons. The fraction of sp³-hybridized carbons (Fsp3) is 0.704. The van der Waals surface area contributed by atoms with Gasteiger partial charge in [0.05, 0.1) is 18.3 Å². The van der Waals surface area contributed by atoms with Crippen LogP contribution >= 0.6 is 0 Å². The van der Waals surface area contributed by atoms with E-state index in [1.807, 2.05) is 0 Å². The summed E-state index contributed by atoms with van der Waals surface area (Å²) in [7, 11) is 0. The number of fused-ring (bicyclic) bond motifs is 1. The quantitative estimate of drug-likeness (QED) is 0.551. The van der Waals surface area contributed by atoms with E-state index in [9.17, 15) is 15.3 Å². The Balaban J connectivity index is 1.48. The summed E-state index contributed by atoms with van der Waals surface area (Å²) in [5.41, 5.74) is 3.63. The number of aliphatic hydroxyl groups is 3. The van der Waals surface area contributed by atoms with Crippen LogP contribution in [0.15, 0.2) is 47.6 Å². The first-order valence-corrected chi connectivity index (χ1v) is 12.1. The maximum absolute atomic E-state index is 10.2. The lowest BCUT2D eigenvalue weighted by atomic mass is 9.61. The highest BCUT2D eigenvalue weighted by Crippen LogP contribution is 2.59. The van der Waals surface area contributed by atoms with Gasteiger partial charge in [0.25, 0.3) is 0 Å². The summed E-state index contributed by atoms with van der Waals surface area (Å²) in [5, 5.41) is 30.4. The van der Waals surface area contributed by atoms with Crippen LogP contribution in [0, 0.1) is 29.1 Å². The Hall–Kier alpha value is -1.16. The van der Waals surface area contributed by atoms with Crippen LogP contribution in [-0.2, 0) is 0 Å². The van der Waals surface area contributed by atoms with Crippen molar-refractivity contribution in [2.24, 2.45) is 29.1 Å². The molecule has 30 heavy (non-hydrogen) atoms. The van der Waals surface area contributed by atoms with Crippen molar-refractivity contribution in [3.63, 3.8) is 0 Å². The molecule has 0 spiro atoms. The first kappa shape index (κ1) is 22.0. The molecule has 0 heterocycles. The van der Waals surface area contributed by atoms with Gasteiger partial charge in [-0.3, -0.25) is 0 Å². The second kappa shape index (κ2) is 8.76. The Kier molecular flexibility index (Phi) is 6.44. The van der Waals surface area contributed by atoms with E-state index in [2.05, 4.69) is 44.7 Å². The lowest BCUT2D eigenvalue weighted by Gasteiger charge is -2.44. The van der Waals surface area contributed by atoms with Gasteiger partial charge in [-0.2, -0.15) is 0 Å². The number of hydrogen-bond donors (Lipinski definition) is 3. The van der Waals surface area contributed by atoms with Gasteiger partial charge in [0.1, 0.15) is 0 Å². The predicted octanol–water partition coefficient (Wildman–Crippen LogP) is 5.09. The maximum atomic E-state index is 10.2. The van der Waals surface area contributed by atoms with Crippen LogP contribution in [0.5, 0.6) is 0 Å². The van der Waals surface area contributed by atoms with Gasteiger partial charge in [0.15, 0.2) is 0 Å². The Morgan fingerprint density at radius 1 is 1.10 bits per heavy atom. The second-order valence-corrected chi connectivity index (χ2v) is 10.7. The van der Waals surface area contributed by atoms with Gasteiger partial charge in [0.2, 0.25) is 0 Å². The normalized spacial score (nSPS) is 42.1. The highest BCUT2D eigenvalue weighted by atomic mass is 16.3. The molecule has 166 valence electrons. The SMILES string of the molecule is C=C1/C(=C\C=C2/CCC[C@]3(C)[C@@H]2CC[C@H]3[C@@H](C)/C=C/[C@@H](O)C2CC2)C[C@H](O)C[C@H]1O. The molecule has 0 aliphatic heterocycles. The molecule has 4 rings (SSSR count). The second-order valence-electron chi connectivity index (χ2n) is 10.7. The van der Waals surface area contributed by atoms with Gasteiger partial charge >= 0.3 is 0 Å². The lowest BCUT2D eigenvalue weighted by molar-refractivity contribution is 0.0862. The molecule has 0 amide bonds. The van der Waals surface area contributed by atoms with Gasteiger partial charge < -0.3 is 15.3 Å². The van der Waals surface area contributed by atoms with E-state index in [0.717, 1.165) is 17.6 Å². The third-order valence-electron chi connectivity index (χ3n) is 8.65. The van der Waals surface area contributed by atoms with E-state index in [-0.39, 0.29) is 6.10 Å². The standard InChI is InChI=1S/C27H40O3/c1-17(6-13-25(29)20-8-9-20)23-11-12-24-19(5-4-14-27(23,24)3)7-10-21-15-22(28)16-26(30)18(21)2/h6-7,10,13,17,20,22-26,28-30H,2,4-5,8-9,11-12,14-16H2,1,3H3/b13-6+,19-7+,21-10-/t17-,22-,23-,24+,25+,26+,27-/m0/s1. The molecular formula is C27H40O3. The summed E-state index contributed by atoms with van der Waals surface area (Å²) in [6.45, 7) is 8.88. The molecule has 7 atom stereocenters. The van der Waals surface area contributed by atoms with Crippen molar-refractivity contribution in [3.05, 3.63) is 47.6 Å². The van der Waals surface area contributed by atoms with Crippen molar-refractivity contribution in [2.75, 3.05) is 0 Å². The third kappa shape index (κ3) is 4.40. The first-order valence-electron chi connectivity index (χ1n) is 12.1. The van der Waals surface area contributed by atoms with Gasteiger partial charge in [-0.15, -0.1) is 0 Å². The fourth-order valence-corrected chi connectivity index (χ4v) is 6.63. The van der Waals surface area contributed by atoms with E-state index in [1.165, 1.54) is 44.1 Å². The zero-order valence-corrected chi connectivity index (χ0v) is 18.8. The van der Waals surface area contributed by atoms with E-state index in [4.69, 9.17) is 0 Å². The van der Waals surface area contributed by atoms with E-state index in [1.54, 1.807) is 0 Å². The van der Waals surface area contributed by atoms with Gasteiger partial charge in [-0.1, -0.05) is 50.3 Å². The van der Waals surface area contributed by atoms with Crippen LogP contribution in [0.3, 0.4) is 0 Å². The summed E-state index contributed by atoms with van der Waals surface area (Å²) < 4.78 is 0. The zero-order chi connectivity index (χ0) is 21.5. The Morgan fingerprint density at radius 2 is 1.87 bits per heavy atom. The predicted molar refractivity (Wildman–Crippen MR) is 122 cm³/mol. The average molecular weight is 413 g/mol. The summed E-state index contributed by atoms with van der Waals surface area (Å²) in [6.07, 6.45) is 16.9. The van der Waals surface area contributed by atoms with Crippen molar-refractivity contribution in [3.8, 4) is 0 Å². The largest absolute Gasteiger partial charge is 0.393 e. The monoisotopic (exact) mass is 412 g/mol. The van der Waals surface area contributed by atoms with Crippen molar-refractivity contribution in [1.82, 2.24) is 0 Å². The van der Waals surface area contributed by atoms with E-state index in [0.29, 0.717) is 41.9 Å². The average Bonchev–Trinajstić information content (AvgIpc) is 3.49. The van der Waals surface area contributed by atoms with Crippen molar-refractivity contribution >= 4 is 0 Å². The highest BCUT2D eigenvalue weighted by molar-refractivity contribution is 5.38. The van der Waals surface area contributed by atoms with Gasteiger partial charge in [0, 0.05) is 6.42 Å². The van der Waals surface area contributed by atoms with Crippen LogP contribution in [-0.4, -0.2) is 33.6 Å². The molecule has 0 aromatic heterocycles. The molecule has 0 aromatic rings. The van der Waals surface area contributed by atoms with Crippen LogP contribution in [0.4, 0.5) is 0 Å². The molecule has 0 aromatic carbocycles. The first-order chi connectivity index (χ1) is 14.3. The fourth-order valence-electron chi connectivity index (χ4n) is 6.63. The lowest BCUT2D eigenvalue weighted by Crippen LogP contribution is -2.35. The van der Waals surface area contributed by atoms with Crippen molar-refractivity contribution < 1.29 is 15.3 Å². The zero-order valence-electron chi connectivity index (χ0n) is 18.8. The Bertz CT molecular complexity index is 743. The third-order valence-corrected chi connectivity index (χ3v) is 8.65. The smallest absolute Gasteiger partial charge is 0.0811 e. The minimum Gasteiger partial charge on any atom is -0.393 e. The molecular weight excluding hydrogens is 372 g/mol. The van der Waals surface area contributed by atoms with Gasteiger partial charge in [-0.25, -0.2) is 0 Å². The molecule has 3 heteroatoms. The molecule has 3 N–H and O–H groups in total. The van der Waals surface area contributed by atoms with Crippen molar-refractivity contribution in [2.45, 2.75) is 89.9 Å². The summed E-state index contributed by atoms with van der Waals surface area (Å²) in [6, 6.07) is 0. The number of hydrogen-bond acceptors (Lipinski definition) is 3. The molecule has 0 saturated heterocycles. The summed E-state index contributed by atoms with van der Waals surface area (Å²) in [4.78, 5) is 0. The molecule has 4 saturated carbocycles. The van der Waals surface area contributed by atoms with E-state index < -0.39 is 12.2 Å². The topological polar surface area (TPSA) is 60.7 Å². The Labute approximate surface area is 182 Å². The minimum absolute atomic E-state index is 0.250. The van der Waals surface area contributed by atoms with Crippen LogP contribution in [0.1, 0.15) is 71.6 Å². The summed E-state index contributed by atoms with van der Waals surface area (Å²) >= 11 is 0. The number of aliphatic hydroxyl groups excluding tert-OH is 3. The van der Waals surface area contributed by atoms with Gasteiger partial charge in [-0.05, 0) is 91.6 Å². The molecule has 4 aliphatic rings. The number of allylic oxidation sites excluding steroid dienone is 4. The van der Waals surface area contributed by atoms with Crippen LogP contribution in [0.25, 0.3) is 0 Å². The maximum Gasteiger partial charge on any atom is 0.0811 e. The van der Waals surface area contributed by atoms with Crippen LogP contribution < -0.4 is 0 Å². The summed E-state index contributed by atoms with van der Waals surface area (Å²) in [5.74, 6) is 2.28. The van der Waals surface area contributed by atoms with E-state index >= 15 is 0 Å². The van der Waals surface area contributed by atoms with Crippen LogP contribution in [0.2, 0.25) is 0 Å². The molecule has 4 fully saturated rings. The number of rotatable bonds is 5. The molecule has 3 nitrogen and oxygen atoms in total. The molecule has 0 unspecified atom stereocenters. The molecule has 4 aliphatic carbocycles. The highest BCUT2D eigenvalue weighted by Gasteiger charge is 2.50. The minimum atomic E-state index is -0.621. The molecule has 0 bridgehead atoms. The van der Waals surface area contributed by atoms with Crippen molar-refractivity contribution in [1.29, 1.82) is 0 Å².